The summed E-state index contributed by atoms with van der Waals surface area (Å²) in [5, 5.41) is 3.30. The van der Waals surface area contributed by atoms with Crippen molar-refractivity contribution < 1.29 is 9.59 Å². The van der Waals surface area contributed by atoms with Crippen molar-refractivity contribution in [2.45, 2.75) is 59.4 Å². The Labute approximate surface area is 127 Å². The van der Waals surface area contributed by atoms with Gasteiger partial charge in [-0.15, -0.1) is 0 Å². The van der Waals surface area contributed by atoms with Crippen molar-refractivity contribution in [1.82, 2.24) is 10.2 Å². The average Bonchev–Trinajstić information content (AvgIpc) is 2.96. The minimum atomic E-state index is -0.150. The van der Waals surface area contributed by atoms with Crippen molar-refractivity contribution in [3.8, 4) is 0 Å². The number of amides is 2. The zero-order valence-corrected chi connectivity index (χ0v) is 13.7. The minimum Gasteiger partial charge on any atom is -0.352 e. The Morgan fingerprint density at radius 2 is 2.10 bits per heavy atom. The molecule has 3 fully saturated rings. The third kappa shape index (κ3) is 2.01. The van der Waals surface area contributed by atoms with E-state index in [1.807, 2.05) is 6.92 Å². The summed E-state index contributed by atoms with van der Waals surface area (Å²) in [5.74, 6) is 0.791. The molecule has 2 amide bonds. The standard InChI is InChI=1S/C17H28N2O2/c1-5-19-10-11(8-14(19)20)15(21)18-13-9-12-6-7-17(13,4)16(12,2)3/h11-13H,5-10H2,1-4H3,(H,18,21)/t11-,12+,13-,17+/m0/s1. The van der Waals surface area contributed by atoms with E-state index in [1.165, 1.54) is 12.8 Å². The van der Waals surface area contributed by atoms with Crippen LogP contribution >= 0.6 is 0 Å². The average molecular weight is 292 g/mol. The van der Waals surface area contributed by atoms with Gasteiger partial charge in [0.25, 0.3) is 0 Å². The van der Waals surface area contributed by atoms with Crippen LogP contribution in [-0.2, 0) is 9.59 Å². The predicted octanol–water partition coefficient (Wildman–Crippen LogP) is 2.19. The summed E-state index contributed by atoms with van der Waals surface area (Å²) < 4.78 is 0. The SMILES string of the molecule is CCN1C[C@@H](C(=O)N[C@H]2C[C@H]3CC[C@@]2(C)C3(C)C)CC1=O. The molecule has 0 spiro atoms. The number of nitrogens with one attached hydrogen (secondary N) is 1. The van der Waals surface area contributed by atoms with Gasteiger partial charge in [-0.05, 0) is 42.9 Å². The number of rotatable bonds is 3. The molecule has 1 saturated heterocycles. The number of hydrogen-bond donors (Lipinski definition) is 1. The molecule has 0 aromatic carbocycles. The molecule has 4 heteroatoms. The Morgan fingerprint density at radius 3 is 2.57 bits per heavy atom. The molecular weight excluding hydrogens is 264 g/mol. The highest BCUT2D eigenvalue weighted by Gasteiger charge is 2.61. The Morgan fingerprint density at radius 1 is 1.38 bits per heavy atom. The molecule has 0 aromatic rings. The van der Waals surface area contributed by atoms with Crippen LogP contribution in [0.25, 0.3) is 0 Å². The molecule has 21 heavy (non-hydrogen) atoms. The van der Waals surface area contributed by atoms with Crippen molar-refractivity contribution >= 4 is 11.8 Å². The van der Waals surface area contributed by atoms with E-state index in [4.69, 9.17) is 0 Å². The zero-order valence-electron chi connectivity index (χ0n) is 13.7. The number of likely N-dealkylation sites (tertiary alicyclic amines) is 1. The van der Waals surface area contributed by atoms with Crippen LogP contribution in [0.5, 0.6) is 0 Å². The number of fused-ring (bicyclic) bond motifs is 2. The third-order valence-corrected chi connectivity index (χ3v) is 7.08. The molecule has 3 aliphatic rings. The fourth-order valence-electron chi connectivity index (χ4n) is 4.96. The molecule has 2 bridgehead atoms. The van der Waals surface area contributed by atoms with Crippen LogP contribution in [-0.4, -0.2) is 35.8 Å². The molecular formula is C17H28N2O2. The van der Waals surface area contributed by atoms with Crippen LogP contribution in [0, 0.1) is 22.7 Å². The highest BCUT2D eigenvalue weighted by atomic mass is 16.2. The molecule has 3 rings (SSSR count). The van der Waals surface area contributed by atoms with Gasteiger partial charge in [-0.25, -0.2) is 0 Å². The largest absolute Gasteiger partial charge is 0.352 e. The van der Waals surface area contributed by atoms with E-state index in [-0.39, 0.29) is 29.2 Å². The first-order chi connectivity index (χ1) is 9.79. The zero-order chi connectivity index (χ0) is 15.4. The summed E-state index contributed by atoms with van der Waals surface area (Å²) in [4.78, 5) is 26.1. The van der Waals surface area contributed by atoms with Gasteiger partial charge in [0.1, 0.15) is 0 Å². The van der Waals surface area contributed by atoms with Crippen molar-refractivity contribution in [1.29, 1.82) is 0 Å². The minimum absolute atomic E-state index is 0.0916. The second-order valence-corrected chi connectivity index (χ2v) is 8.01. The first kappa shape index (κ1) is 14.9. The second-order valence-electron chi connectivity index (χ2n) is 8.01. The van der Waals surface area contributed by atoms with Crippen molar-refractivity contribution in [3.63, 3.8) is 0 Å². The van der Waals surface area contributed by atoms with E-state index in [2.05, 4.69) is 26.1 Å². The third-order valence-electron chi connectivity index (χ3n) is 7.08. The summed E-state index contributed by atoms with van der Waals surface area (Å²) in [7, 11) is 0. The highest BCUT2D eigenvalue weighted by molar-refractivity contribution is 5.89. The van der Waals surface area contributed by atoms with Gasteiger partial charge < -0.3 is 10.2 Å². The van der Waals surface area contributed by atoms with Crippen LogP contribution in [0.1, 0.15) is 53.4 Å². The number of carbonyl (C=O) groups excluding carboxylic acids is 2. The topological polar surface area (TPSA) is 49.4 Å². The summed E-state index contributed by atoms with van der Waals surface area (Å²) >= 11 is 0. The number of nitrogens with zero attached hydrogens (tertiary/aromatic N) is 1. The number of hydrogen-bond acceptors (Lipinski definition) is 2. The van der Waals surface area contributed by atoms with Crippen LogP contribution in [0.4, 0.5) is 0 Å². The quantitative estimate of drug-likeness (QED) is 0.867. The lowest BCUT2D eigenvalue weighted by Gasteiger charge is -2.39. The van der Waals surface area contributed by atoms with Crippen LogP contribution in [0.15, 0.2) is 0 Å². The Kier molecular flexibility index (Phi) is 3.34. The highest BCUT2D eigenvalue weighted by Crippen LogP contribution is 2.65. The van der Waals surface area contributed by atoms with Gasteiger partial charge in [0.2, 0.25) is 11.8 Å². The van der Waals surface area contributed by atoms with Gasteiger partial charge in [0.05, 0.1) is 5.92 Å². The van der Waals surface area contributed by atoms with Crippen molar-refractivity contribution in [3.05, 3.63) is 0 Å². The molecule has 0 radical (unpaired) electrons. The molecule has 2 saturated carbocycles. The maximum Gasteiger partial charge on any atom is 0.225 e. The van der Waals surface area contributed by atoms with Crippen LogP contribution < -0.4 is 5.32 Å². The van der Waals surface area contributed by atoms with Gasteiger partial charge in [0, 0.05) is 25.6 Å². The van der Waals surface area contributed by atoms with Crippen LogP contribution in [0.2, 0.25) is 0 Å². The molecule has 4 nitrogen and oxygen atoms in total. The fourth-order valence-corrected chi connectivity index (χ4v) is 4.96. The lowest BCUT2D eigenvalue weighted by Crippen LogP contribution is -2.48. The van der Waals surface area contributed by atoms with Gasteiger partial charge in [0.15, 0.2) is 0 Å². The number of carbonyl (C=O) groups is 2. The van der Waals surface area contributed by atoms with E-state index >= 15 is 0 Å². The smallest absolute Gasteiger partial charge is 0.225 e. The first-order valence-corrected chi connectivity index (χ1v) is 8.37. The van der Waals surface area contributed by atoms with E-state index in [9.17, 15) is 9.59 Å². The lowest BCUT2D eigenvalue weighted by atomic mass is 9.69. The van der Waals surface area contributed by atoms with E-state index in [0.717, 1.165) is 12.3 Å². The first-order valence-electron chi connectivity index (χ1n) is 8.37. The molecule has 1 N–H and O–H groups in total. The van der Waals surface area contributed by atoms with Gasteiger partial charge >= 0.3 is 0 Å². The summed E-state index contributed by atoms with van der Waals surface area (Å²) in [6.07, 6.45) is 3.99. The normalized spacial score (nSPS) is 40.9. The molecule has 4 atom stereocenters. The monoisotopic (exact) mass is 292 g/mol. The summed E-state index contributed by atoms with van der Waals surface area (Å²) in [5.41, 5.74) is 0.520. The summed E-state index contributed by atoms with van der Waals surface area (Å²) in [6, 6.07) is 0.282. The molecule has 2 aliphatic carbocycles. The van der Waals surface area contributed by atoms with E-state index in [0.29, 0.717) is 24.9 Å². The van der Waals surface area contributed by atoms with Crippen LogP contribution in [0.3, 0.4) is 0 Å². The molecule has 0 unspecified atom stereocenters. The Hall–Kier alpha value is -1.06. The fraction of sp³-hybridized carbons (Fsp3) is 0.882. The molecule has 0 aromatic heterocycles. The maximum absolute atomic E-state index is 12.5. The predicted molar refractivity (Wildman–Crippen MR) is 81.5 cm³/mol. The van der Waals surface area contributed by atoms with Gasteiger partial charge in [-0.2, -0.15) is 0 Å². The van der Waals surface area contributed by atoms with E-state index in [1.54, 1.807) is 4.90 Å². The Balaban J connectivity index is 1.66. The van der Waals surface area contributed by atoms with Gasteiger partial charge in [-0.1, -0.05) is 20.8 Å². The molecule has 118 valence electrons. The lowest BCUT2D eigenvalue weighted by molar-refractivity contribution is -0.129. The second kappa shape index (κ2) is 4.72. The van der Waals surface area contributed by atoms with Gasteiger partial charge in [-0.3, -0.25) is 9.59 Å². The summed E-state index contributed by atoms with van der Waals surface area (Å²) in [6.45, 7) is 10.3. The van der Waals surface area contributed by atoms with Crippen molar-refractivity contribution in [2.24, 2.45) is 22.7 Å². The molecule has 1 heterocycles. The van der Waals surface area contributed by atoms with Crippen molar-refractivity contribution in [2.75, 3.05) is 13.1 Å². The Bertz CT molecular complexity index is 473. The van der Waals surface area contributed by atoms with E-state index < -0.39 is 0 Å². The molecule has 1 aliphatic heterocycles. The maximum atomic E-state index is 12.5.